The Morgan fingerprint density at radius 3 is 2.45 bits per heavy atom. The number of nitrogens with one attached hydrogen (secondary N) is 1. The maximum Gasteiger partial charge on any atom is 0.374 e. The van der Waals surface area contributed by atoms with Crippen LogP contribution in [-0.4, -0.2) is 18.5 Å². The summed E-state index contributed by atoms with van der Waals surface area (Å²) in [5, 5.41) is 1.98. The van der Waals surface area contributed by atoms with Crippen molar-refractivity contribution in [3.8, 4) is 0 Å². The minimum Gasteiger partial charge on any atom is -0.457 e. The Hall–Kier alpha value is -2.70. The van der Waals surface area contributed by atoms with E-state index in [0.717, 1.165) is 18.2 Å². The Bertz CT molecular complexity index is 605. The molecular weight excluding hydrogens is 272 g/mol. The van der Waals surface area contributed by atoms with E-state index in [9.17, 15) is 18.4 Å². The number of hydrogen-bond donors (Lipinski definition) is 1. The van der Waals surface area contributed by atoms with Gasteiger partial charge in [0.15, 0.2) is 6.61 Å². The lowest BCUT2D eigenvalue weighted by atomic mass is 10.3. The molecule has 1 N–H and O–H groups in total. The van der Waals surface area contributed by atoms with Crippen molar-refractivity contribution in [3.63, 3.8) is 0 Å². The lowest BCUT2D eigenvalue weighted by Crippen LogP contribution is -2.22. The average Bonchev–Trinajstić information content (AvgIpc) is 2.94. The monoisotopic (exact) mass is 281 g/mol. The number of benzene rings is 1. The van der Waals surface area contributed by atoms with Crippen LogP contribution in [0.1, 0.15) is 10.6 Å². The van der Waals surface area contributed by atoms with Gasteiger partial charge in [0.1, 0.15) is 17.3 Å². The zero-order valence-corrected chi connectivity index (χ0v) is 10.1. The molecule has 0 saturated heterocycles. The summed E-state index contributed by atoms with van der Waals surface area (Å²) in [7, 11) is 0. The summed E-state index contributed by atoms with van der Waals surface area (Å²) in [6.45, 7) is -0.687. The number of esters is 1. The van der Waals surface area contributed by atoms with Gasteiger partial charge in [-0.25, -0.2) is 13.6 Å². The Labute approximate surface area is 112 Å². The highest BCUT2D eigenvalue weighted by atomic mass is 19.1. The first-order chi connectivity index (χ1) is 9.58. The fraction of sp³-hybridized carbons (Fsp3) is 0.0769. The normalized spacial score (nSPS) is 10.1. The molecule has 0 unspecified atom stereocenters. The molecule has 5 nitrogen and oxygen atoms in total. The van der Waals surface area contributed by atoms with Gasteiger partial charge in [-0.2, -0.15) is 0 Å². The van der Waals surface area contributed by atoms with Crippen molar-refractivity contribution in [1.29, 1.82) is 0 Å². The number of hydrogen-bond acceptors (Lipinski definition) is 4. The molecule has 0 aliphatic carbocycles. The average molecular weight is 281 g/mol. The van der Waals surface area contributed by atoms with Crippen molar-refractivity contribution in [3.05, 3.63) is 54.0 Å². The number of rotatable bonds is 4. The predicted octanol–water partition coefficient (Wildman–Crippen LogP) is 2.35. The molecule has 1 heterocycles. The van der Waals surface area contributed by atoms with Crippen LogP contribution in [0.4, 0.5) is 14.5 Å². The van der Waals surface area contributed by atoms with E-state index in [-0.39, 0.29) is 5.76 Å². The largest absolute Gasteiger partial charge is 0.457 e. The topological polar surface area (TPSA) is 68.5 Å². The fourth-order valence-corrected chi connectivity index (χ4v) is 1.39. The molecular formula is C13H9F2NO4. The van der Waals surface area contributed by atoms with E-state index in [1.165, 1.54) is 18.4 Å². The van der Waals surface area contributed by atoms with Crippen molar-refractivity contribution < 1.29 is 27.5 Å². The minimum atomic E-state index is -0.921. The molecule has 0 bridgehead atoms. The van der Waals surface area contributed by atoms with Crippen molar-refractivity contribution in [2.75, 3.05) is 11.9 Å². The van der Waals surface area contributed by atoms with E-state index in [2.05, 4.69) is 4.74 Å². The molecule has 2 rings (SSSR count). The molecule has 0 aliphatic rings. The molecule has 20 heavy (non-hydrogen) atoms. The summed E-state index contributed by atoms with van der Waals surface area (Å²) in [6, 6.07) is 5.99. The summed E-state index contributed by atoms with van der Waals surface area (Å²) in [5.41, 5.74) is -0.591. The number of carbonyl (C=O) groups is 2. The predicted molar refractivity (Wildman–Crippen MR) is 64.0 cm³/mol. The summed E-state index contributed by atoms with van der Waals surface area (Å²) >= 11 is 0. The molecule has 0 atom stereocenters. The third kappa shape index (κ3) is 3.19. The molecule has 0 radical (unpaired) electrons. The van der Waals surface area contributed by atoms with Gasteiger partial charge in [-0.15, -0.1) is 0 Å². The third-order valence-corrected chi connectivity index (χ3v) is 2.28. The summed E-state index contributed by atoms with van der Waals surface area (Å²) in [4.78, 5) is 22.8. The van der Waals surface area contributed by atoms with Crippen LogP contribution in [-0.2, 0) is 9.53 Å². The Morgan fingerprint density at radius 1 is 1.15 bits per heavy atom. The van der Waals surface area contributed by atoms with E-state index in [4.69, 9.17) is 4.42 Å². The van der Waals surface area contributed by atoms with Gasteiger partial charge in [-0.1, -0.05) is 6.07 Å². The van der Waals surface area contributed by atoms with Crippen LogP contribution in [0.25, 0.3) is 0 Å². The zero-order valence-electron chi connectivity index (χ0n) is 10.1. The van der Waals surface area contributed by atoms with Crippen LogP contribution in [0, 0.1) is 11.6 Å². The lowest BCUT2D eigenvalue weighted by Gasteiger charge is -2.07. The van der Waals surface area contributed by atoms with Crippen LogP contribution in [0.2, 0.25) is 0 Å². The van der Waals surface area contributed by atoms with Gasteiger partial charge in [-0.3, -0.25) is 4.79 Å². The molecule has 0 fully saturated rings. The molecule has 0 spiro atoms. The fourth-order valence-electron chi connectivity index (χ4n) is 1.39. The molecule has 1 amide bonds. The van der Waals surface area contributed by atoms with E-state index < -0.39 is 35.8 Å². The molecule has 7 heteroatoms. The number of ether oxygens (including phenoxy) is 1. The van der Waals surface area contributed by atoms with Crippen LogP contribution in [0.15, 0.2) is 41.0 Å². The molecule has 2 aromatic rings. The maximum absolute atomic E-state index is 13.3. The SMILES string of the molecule is O=C(COC(=O)c1ccco1)Nc1c(F)cccc1F. The summed E-state index contributed by atoms with van der Waals surface area (Å²) in [5.74, 6) is -3.63. The smallest absolute Gasteiger partial charge is 0.374 e. The number of amides is 1. The molecule has 0 aliphatic heterocycles. The van der Waals surface area contributed by atoms with Crippen molar-refractivity contribution in [2.24, 2.45) is 0 Å². The van der Waals surface area contributed by atoms with Crippen molar-refractivity contribution in [1.82, 2.24) is 0 Å². The van der Waals surface area contributed by atoms with Gasteiger partial charge in [0.05, 0.1) is 6.26 Å². The third-order valence-electron chi connectivity index (χ3n) is 2.28. The van der Waals surface area contributed by atoms with Crippen molar-refractivity contribution in [2.45, 2.75) is 0 Å². The Kier molecular flexibility index (Phi) is 4.09. The highest BCUT2D eigenvalue weighted by Crippen LogP contribution is 2.17. The number of halogens is 2. The van der Waals surface area contributed by atoms with Crippen LogP contribution >= 0.6 is 0 Å². The molecule has 104 valence electrons. The number of para-hydroxylation sites is 1. The second-order valence-electron chi connectivity index (χ2n) is 3.70. The number of furan rings is 1. The van der Waals surface area contributed by atoms with Gasteiger partial charge in [0, 0.05) is 0 Å². The van der Waals surface area contributed by atoms with Crippen LogP contribution in [0.3, 0.4) is 0 Å². The first-order valence-corrected chi connectivity index (χ1v) is 5.52. The maximum atomic E-state index is 13.3. The lowest BCUT2D eigenvalue weighted by molar-refractivity contribution is -0.119. The Balaban J connectivity index is 1.92. The standard InChI is InChI=1S/C13H9F2NO4/c14-8-3-1-4-9(15)12(8)16-11(17)7-20-13(18)10-5-2-6-19-10/h1-6H,7H2,(H,16,17). The van der Waals surface area contributed by atoms with Crippen LogP contribution < -0.4 is 5.32 Å². The minimum absolute atomic E-state index is 0.0742. The summed E-state index contributed by atoms with van der Waals surface area (Å²) in [6.07, 6.45) is 1.27. The van der Waals surface area contributed by atoms with E-state index in [0.29, 0.717) is 0 Å². The van der Waals surface area contributed by atoms with Gasteiger partial charge in [0.2, 0.25) is 5.76 Å². The van der Waals surface area contributed by atoms with Gasteiger partial charge in [-0.05, 0) is 24.3 Å². The zero-order chi connectivity index (χ0) is 14.5. The first-order valence-electron chi connectivity index (χ1n) is 5.52. The van der Waals surface area contributed by atoms with E-state index >= 15 is 0 Å². The van der Waals surface area contributed by atoms with Gasteiger partial charge < -0.3 is 14.5 Å². The molecule has 0 saturated carbocycles. The molecule has 1 aromatic heterocycles. The second-order valence-corrected chi connectivity index (χ2v) is 3.70. The second kappa shape index (κ2) is 5.96. The molecule has 1 aromatic carbocycles. The number of anilines is 1. The van der Waals surface area contributed by atoms with Crippen molar-refractivity contribution >= 4 is 17.6 Å². The summed E-state index contributed by atoms with van der Waals surface area (Å²) < 4.78 is 35.9. The highest BCUT2D eigenvalue weighted by Gasteiger charge is 2.15. The van der Waals surface area contributed by atoms with Gasteiger partial charge >= 0.3 is 5.97 Å². The Morgan fingerprint density at radius 2 is 1.85 bits per heavy atom. The van der Waals surface area contributed by atoms with E-state index in [1.54, 1.807) is 0 Å². The quantitative estimate of drug-likeness (QED) is 0.873. The number of carbonyl (C=O) groups excluding carboxylic acids is 2. The van der Waals surface area contributed by atoms with Crippen LogP contribution in [0.5, 0.6) is 0 Å². The van der Waals surface area contributed by atoms with Gasteiger partial charge in [0.25, 0.3) is 5.91 Å². The van der Waals surface area contributed by atoms with E-state index in [1.807, 2.05) is 5.32 Å². The highest BCUT2D eigenvalue weighted by molar-refractivity contribution is 5.94. The first kappa shape index (κ1) is 13.7.